The van der Waals surface area contributed by atoms with Gasteiger partial charge < -0.3 is 15.4 Å². The number of hydrogen-bond donors (Lipinski definition) is 2. The molecule has 0 spiro atoms. The third-order valence-corrected chi connectivity index (χ3v) is 4.76. The first-order valence-corrected chi connectivity index (χ1v) is 9.61. The summed E-state index contributed by atoms with van der Waals surface area (Å²) < 4.78 is 5.08. The molecule has 0 atom stereocenters. The lowest BCUT2D eigenvalue weighted by Gasteiger charge is -2.13. The van der Waals surface area contributed by atoms with Crippen LogP contribution < -0.4 is 15.4 Å². The molecule has 0 aromatic heterocycles. The molecule has 2 aromatic carbocycles. The minimum Gasteiger partial charge on any atom is -0.497 e. The fourth-order valence-corrected chi connectivity index (χ4v) is 3.11. The van der Waals surface area contributed by atoms with Crippen LogP contribution in [0.4, 0.5) is 0 Å². The zero-order chi connectivity index (χ0) is 21.5. The number of carbonyl (C=O) groups excluding carboxylic acids is 4. The number of methoxy groups -OCH3 is 1. The highest BCUT2D eigenvalue weighted by atomic mass is 16.5. The van der Waals surface area contributed by atoms with Gasteiger partial charge in [0.15, 0.2) is 0 Å². The number of nitrogens with one attached hydrogen (secondary N) is 2. The van der Waals surface area contributed by atoms with Gasteiger partial charge in [0.2, 0.25) is 11.8 Å². The Balaban J connectivity index is 1.34. The fraction of sp³-hybridized carbons (Fsp3) is 0.273. The zero-order valence-corrected chi connectivity index (χ0v) is 16.6. The molecule has 0 fully saturated rings. The molecule has 1 aliphatic heterocycles. The Morgan fingerprint density at radius 3 is 2.13 bits per heavy atom. The largest absolute Gasteiger partial charge is 0.497 e. The lowest BCUT2D eigenvalue weighted by Crippen LogP contribution is -2.37. The van der Waals surface area contributed by atoms with Gasteiger partial charge in [-0.15, -0.1) is 0 Å². The average molecular weight is 409 g/mol. The van der Waals surface area contributed by atoms with Crippen LogP contribution in [-0.4, -0.2) is 48.7 Å². The molecule has 0 saturated carbocycles. The Hall–Kier alpha value is -3.68. The summed E-state index contributed by atoms with van der Waals surface area (Å²) in [4.78, 5) is 49.5. The van der Waals surface area contributed by atoms with Crippen molar-refractivity contribution < 1.29 is 23.9 Å². The van der Waals surface area contributed by atoms with Crippen molar-refractivity contribution in [3.05, 3.63) is 65.2 Å². The summed E-state index contributed by atoms with van der Waals surface area (Å²) in [6, 6.07) is 13.9. The van der Waals surface area contributed by atoms with Gasteiger partial charge in [0.1, 0.15) is 5.75 Å². The minimum absolute atomic E-state index is 0.110. The number of hydrogen-bond acceptors (Lipinski definition) is 5. The van der Waals surface area contributed by atoms with Crippen molar-refractivity contribution in [3.8, 4) is 5.75 Å². The standard InChI is InChI=1S/C22H23N3O5/c1-30-16-10-8-15(9-11-16)13-23-20(27)14-24-19(26)7-4-12-25-21(28)17-5-2-3-6-18(17)22(25)29/h2-3,5-6,8-11H,4,7,12-14H2,1H3,(H,23,27)(H,24,26). The highest BCUT2D eigenvalue weighted by molar-refractivity contribution is 6.21. The Labute approximate surface area is 174 Å². The van der Waals surface area contributed by atoms with E-state index >= 15 is 0 Å². The van der Waals surface area contributed by atoms with Crippen LogP contribution in [0.1, 0.15) is 39.1 Å². The third kappa shape index (κ3) is 5.02. The Morgan fingerprint density at radius 2 is 1.53 bits per heavy atom. The lowest BCUT2D eigenvalue weighted by molar-refractivity contribution is -0.126. The van der Waals surface area contributed by atoms with Crippen molar-refractivity contribution in [2.45, 2.75) is 19.4 Å². The molecule has 30 heavy (non-hydrogen) atoms. The third-order valence-electron chi connectivity index (χ3n) is 4.76. The van der Waals surface area contributed by atoms with Crippen LogP contribution >= 0.6 is 0 Å². The molecule has 3 rings (SSSR count). The quantitative estimate of drug-likeness (QED) is 0.611. The van der Waals surface area contributed by atoms with Gasteiger partial charge in [-0.25, -0.2) is 0 Å². The van der Waals surface area contributed by atoms with Gasteiger partial charge in [0.05, 0.1) is 24.8 Å². The van der Waals surface area contributed by atoms with Crippen LogP contribution in [-0.2, 0) is 16.1 Å². The second-order valence-corrected chi connectivity index (χ2v) is 6.81. The molecule has 0 saturated heterocycles. The molecule has 4 amide bonds. The fourth-order valence-electron chi connectivity index (χ4n) is 3.11. The lowest BCUT2D eigenvalue weighted by atomic mass is 10.1. The smallest absolute Gasteiger partial charge is 0.261 e. The molecule has 2 aromatic rings. The topological polar surface area (TPSA) is 105 Å². The van der Waals surface area contributed by atoms with Gasteiger partial charge in [-0.1, -0.05) is 24.3 Å². The van der Waals surface area contributed by atoms with E-state index in [1.807, 2.05) is 12.1 Å². The molecule has 1 aliphatic rings. The van der Waals surface area contributed by atoms with Crippen molar-refractivity contribution in [1.29, 1.82) is 0 Å². The predicted molar refractivity (Wildman–Crippen MR) is 109 cm³/mol. The van der Waals surface area contributed by atoms with Crippen molar-refractivity contribution in [2.24, 2.45) is 0 Å². The highest BCUT2D eigenvalue weighted by Gasteiger charge is 2.34. The molecule has 1 heterocycles. The number of amides is 4. The van der Waals surface area contributed by atoms with E-state index in [1.54, 1.807) is 43.5 Å². The molecule has 2 N–H and O–H groups in total. The van der Waals surface area contributed by atoms with Crippen LogP contribution in [0.3, 0.4) is 0 Å². The summed E-state index contributed by atoms with van der Waals surface area (Å²) in [5, 5.41) is 5.26. The monoisotopic (exact) mass is 409 g/mol. The van der Waals surface area contributed by atoms with Gasteiger partial charge in [-0.2, -0.15) is 0 Å². The number of carbonyl (C=O) groups is 4. The number of benzene rings is 2. The molecule has 0 bridgehead atoms. The van der Waals surface area contributed by atoms with E-state index in [0.717, 1.165) is 16.2 Å². The number of ether oxygens (including phenoxy) is 1. The molecule has 0 aliphatic carbocycles. The highest BCUT2D eigenvalue weighted by Crippen LogP contribution is 2.22. The van der Waals surface area contributed by atoms with Crippen molar-refractivity contribution >= 4 is 23.6 Å². The van der Waals surface area contributed by atoms with Crippen LogP contribution in [0.25, 0.3) is 0 Å². The maximum atomic E-state index is 12.3. The molecule has 8 nitrogen and oxygen atoms in total. The van der Waals surface area contributed by atoms with E-state index in [2.05, 4.69) is 10.6 Å². The van der Waals surface area contributed by atoms with Crippen molar-refractivity contribution in [2.75, 3.05) is 20.2 Å². The molecule has 156 valence electrons. The minimum atomic E-state index is -0.339. The van der Waals surface area contributed by atoms with Gasteiger partial charge in [0.25, 0.3) is 11.8 Å². The summed E-state index contributed by atoms with van der Waals surface area (Å²) in [6.07, 6.45) is 0.434. The second-order valence-electron chi connectivity index (χ2n) is 6.81. The summed E-state index contributed by atoms with van der Waals surface area (Å²) in [6.45, 7) is 0.365. The van der Waals surface area contributed by atoms with Gasteiger partial charge in [-0.3, -0.25) is 24.1 Å². The zero-order valence-electron chi connectivity index (χ0n) is 16.6. The van der Waals surface area contributed by atoms with Crippen molar-refractivity contribution in [3.63, 3.8) is 0 Å². The summed E-state index contributed by atoms with van der Waals surface area (Å²) in [5.74, 6) is -0.563. The Morgan fingerprint density at radius 1 is 0.900 bits per heavy atom. The van der Waals surface area contributed by atoms with E-state index in [4.69, 9.17) is 4.74 Å². The molecule has 8 heteroatoms. The first kappa shape index (κ1) is 21.0. The van der Waals surface area contributed by atoms with Gasteiger partial charge >= 0.3 is 0 Å². The van der Waals surface area contributed by atoms with E-state index in [1.165, 1.54) is 0 Å². The van der Waals surface area contributed by atoms with E-state index in [9.17, 15) is 19.2 Å². The number of rotatable bonds is 9. The SMILES string of the molecule is COc1ccc(CNC(=O)CNC(=O)CCCN2C(=O)c3ccccc3C2=O)cc1. The van der Waals surface area contributed by atoms with E-state index in [0.29, 0.717) is 24.1 Å². The molecule has 0 unspecified atom stereocenters. The van der Waals surface area contributed by atoms with Crippen LogP contribution in [0.2, 0.25) is 0 Å². The summed E-state index contributed by atoms with van der Waals surface area (Å²) in [5.41, 5.74) is 1.69. The maximum Gasteiger partial charge on any atom is 0.261 e. The number of imide groups is 1. The first-order chi connectivity index (χ1) is 14.5. The maximum absolute atomic E-state index is 12.3. The van der Waals surface area contributed by atoms with E-state index in [-0.39, 0.29) is 43.1 Å². The van der Waals surface area contributed by atoms with E-state index < -0.39 is 0 Å². The van der Waals surface area contributed by atoms with Gasteiger partial charge in [-0.05, 0) is 36.2 Å². The second kappa shape index (κ2) is 9.69. The molecular formula is C22H23N3O5. The van der Waals surface area contributed by atoms with Gasteiger partial charge in [0, 0.05) is 19.5 Å². The molecular weight excluding hydrogens is 386 g/mol. The Bertz CT molecular complexity index is 921. The van der Waals surface area contributed by atoms with Crippen LogP contribution in [0.5, 0.6) is 5.75 Å². The molecule has 0 radical (unpaired) electrons. The number of nitrogens with zero attached hydrogens (tertiary/aromatic N) is 1. The Kier molecular flexibility index (Phi) is 6.79. The normalized spacial score (nSPS) is 12.5. The average Bonchev–Trinajstić information content (AvgIpc) is 3.01. The first-order valence-electron chi connectivity index (χ1n) is 9.61. The van der Waals surface area contributed by atoms with Crippen LogP contribution in [0, 0.1) is 0 Å². The number of fused-ring (bicyclic) bond motifs is 1. The summed E-state index contributed by atoms with van der Waals surface area (Å²) >= 11 is 0. The van der Waals surface area contributed by atoms with Crippen molar-refractivity contribution in [1.82, 2.24) is 15.5 Å². The predicted octanol–water partition coefficient (Wildman–Crippen LogP) is 1.50. The summed E-state index contributed by atoms with van der Waals surface area (Å²) in [7, 11) is 1.58. The van der Waals surface area contributed by atoms with Crippen LogP contribution in [0.15, 0.2) is 48.5 Å².